The van der Waals surface area contributed by atoms with Crippen LogP contribution in [0.15, 0.2) is 84.0 Å². The van der Waals surface area contributed by atoms with Gasteiger partial charge in [-0.15, -0.1) is 0 Å². The SMILES string of the molecule is O=C(NCc1ccc(-c2ccccc2)cc1)c1cnn(-c2cc(=O)c(C(=O)O)c[nH]2)c1. The van der Waals surface area contributed by atoms with Crippen LogP contribution in [-0.4, -0.2) is 31.7 Å². The van der Waals surface area contributed by atoms with Gasteiger partial charge in [0.1, 0.15) is 11.4 Å². The van der Waals surface area contributed by atoms with Gasteiger partial charge in [0, 0.05) is 25.0 Å². The lowest BCUT2D eigenvalue weighted by Crippen LogP contribution is -2.22. The molecule has 31 heavy (non-hydrogen) atoms. The van der Waals surface area contributed by atoms with Crippen molar-refractivity contribution in [1.29, 1.82) is 0 Å². The predicted octanol–water partition coefficient (Wildman–Crippen LogP) is 2.86. The van der Waals surface area contributed by atoms with Crippen molar-refractivity contribution in [3.63, 3.8) is 0 Å². The molecule has 0 bridgehead atoms. The number of H-pyrrole nitrogens is 1. The number of hydrogen-bond donors (Lipinski definition) is 3. The zero-order valence-corrected chi connectivity index (χ0v) is 16.3. The minimum absolute atomic E-state index is 0.255. The predicted molar refractivity (Wildman–Crippen MR) is 114 cm³/mol. The minimum Gasteiger partial charge on any atom is -0.477 e. The van der Waals surface area contributed by atoms with Crippen LogP contribution in [0.1, 0.15) is 26.3 Å². The lowest BCUT2D eigenvalue weighted by Gasteiger charge is -2.06. The highest BCUT2D eigenvalue weighted by atomic mass is 16.4. The molecular formula is C23H18N4O4. The molecule has 0 radical (unpaired) electrons. The molecule has 0 saturated heterocycles. The number of carbonyl (C=O) groups is 2. The molecule has 154 valence electrons. The number of hydrogen-bond acceptors (Lipinski definition) is 4. The molecule has 0 aliphatic rings. The van der Waals surface area contributed by atoms with E-state index in [-0.39, 0.29) is 17.3 Å². The van der Waals surface area contributed by atoms with E-state index in [1.54, 1.807) is 0 Å². The number of carbonyl (C=O) groups excluding carboxylic acids is 1. The molecule has 0 atom stereocenters. The van der Waals surface area contributed by atoms with E-state index in [9.17, 15) is 14.4 Å². The number of benzene rings is 2. The summed E-state index contributed by atoms with van der Waals surface area (Å²) >= 11 is 0. The Bertz CT molecular complexity index is 1290. The lowest BCUT2D eigenvalue weighted by atomic mass is 10.0. The Kier molecular flexibility index (Phi) is 5.44. The van der Waals surface area contributed by atoms with Gasteiger partial charge in [-0.3, -0.25) is 9.59 Å². The fourth-order valence-corrected chi connectivity index (χ4v) is 3.06. The highest BCUT2D eigenvalue weighted by Gasteiger charge is 2.12. The second-order valence-corrected chi connectivity index (χ2v) is 6.82. The van der Waals surface area contributed by atoms with Crippen molar-refractivity contribution in [1.82, 2.24) is 20.1 Å². The van der Waals surface area contributed by atoms with Gasteiger partial charge in [-0.1, -0.05) is 54.6 Å². The average molecular weight is 414 g/mol. The van der Waals surface area contributed by atoms with Gasteiger partial charge in [0.05, 0.1) is 11.8 Å². The molecular weight excluding hydrogens is 396 g/mol. The molecule has 3 N–H and O–H groups in total. The summed E-state index contributed by atoms with van der Waals surface area (Å²) in [6.45, 7) is 0.350. The summed E-state index contributed by atoms with van der Waals surface area (Å²) in [5.74, 6) is -1.38. The molecule has 1 amide bonds. The summed E-state index contributed by atoms with van der Waals surface area (Å²) in [4.78, 5) is 37.9. The summed E-state index contributed by atoms with van der Waals surface area (Å²) in [6.07, 6.45) is 3.93. The number of aromatic nitrogens is 3. The van der Waals surface area contributed by atoms with Crippen molar-refractivity contribution in [2.45, 2.75) is 6.54 Å². The van der Waals surface area contributed by atoms with Crippen LogP contribution in [0.3, 0.4) is 0 Å². The Labute approximate surface area is 176 Å². The van der Waals surface area contributed by atoms with Crippen molar-refractivity contribution in [2.75, 3.05) is 0 Å². The summed E-state index contributed by atoms with van der Waals surface area (Å²) in [7, 11) is 0. The number of amides is 1. The fraction of sp³-hybridized carbons (Fsp3) is 0.0435. The first-order valence-corrected chi connectivity index (χ1v) is 9.45. The van der Waals surface area contributed by atoms with Gasteiger partial charge in [0.2, 0.25) is 0 Å². The zero-order valence-electron chi connectivity index (χ0n) is 16.3. The third kappa shape index (κ3) is 4.43. The van der Waals surface area contributed by atoms with Crippen molar-refractivity contribution in [3.05, 3.63) is 106 Å². The van der Waals surface area contributed by atoms with E-state index < -0.39 is 11.4 Å². The normalized spacial score (nSPS) is 10.6. The van der Waals surface area contributed by atoms with Crippen LogP contribution in [0, 0.1) is 0 Å². The largest absolute Gasteiger partial charge is 0.477 e. The maximum Gasteiger partial charge on any atom is 0.341 e. The second kappa shape index (κ2) is 8.50. The molecule has 8 heteroatoms. The van der Waals surface area contributed by atoms with Crippen LogP contribution in [0.5, 0.6) is 0 Å². The molecule has 0 fully saturated rings. The first-order chi connectivity index (χ1) is 15.0. The molecule has 0 saturated carbocycles. The van der Waals surface area contributed by atoms with Crippen molar-refractivity contribution < 1.29 is 14.7 Å². The van der Waals surface area contributed by atoms with Crippen LogP contribution in [0.2, 0.25) is 0 Å². The van der Waals surface area contributed by atoms with Crippen molar-refractivity contribution in [2.24, 2.45) is 0 Å². The van der Waals surface area contributed by atoms with E-state index in [2.05, 4.69) is 15.4 Å². The van der Waals surface area contributed by atoms with Crippen LogP contribution in [-0.2, 0) is 6.54 Å². The molecule has 0 spiro atoms. The Morgan fingerprint density at radius 1 is 1.03 bits per heavy atom. The molecule has 0 aliphatic heterocycles. The molecule has 4 rings (SSSR count). The number of nitrogens with zero attached hydrogens (tertiary/aromatic N) is 2. The molecule has 2 aromatic heterocycles. The van der Waals surface area contributed by atoms with E-state index in [1.807, 2.05) is 54.6 Å². The van der Waals surface area contributed by atoms with Gasteiger partial charge >= 0.3 is 5.97 Å². The molecule has 2 aromatic carbocycles. The highest BCUT2D eigenvalue weighted by Crippen LogP contribution is 2.19. The summed E-state index contributed by atoms with van der Waals surface area (Å²) in [5, 5.41) is 15.8. The number of pyridine rings is 1. The molecule has 0 aliphatic carbocycles. The van der Waals surface area contributed by atoms with Gasteiger partial charge < -0.3 is 15.4 Å². The van der Waals surface area contributed by atoms with E-state index in [0.717, 1.165) is 29.0 Å². The lowest BCUT2D eigenvalue weighted by molar-refractivity contribution is 0.0694. The first kappa shape index (κ1) is 19.8. The van der Waals surface area contributed by atoms with Crippen LogP contribution >= 0.6 is 0 Å². The van der Waals surface area contributed by atoms with E-state index in [1.165, 1.54) is 17.1 Å². The monoisotopic (exact) mass is 414 g/mol. The van der Waals surface area contributed by atoms with Crippen LogP contribution < -0.4 is 10.7 Å². The number of aromatic amines is 1. The third-order valence-corrected chi connectivity index (χ3v) is 4.73. The highest BCUT2D eigenvalue weighted by molar-refractivity contribution is 5.93. The fourth-order valence-electron chi connectivity index (χ4n) is 3.06. The second-order valence-electron chi connectivity index (χ2n) is 6.82. The maximum absolute atomic E-state index is 12.4. The number of carboxylic acid groups (broad SMARTS) is 1. The van der Waals surface area contributed by atoms with Gasteiger partial charge in [-0.25, -0.2) is 9.48 Å². The van der Waals surface area contributed by atoms with Crippen LogP contribution in [0.25, 0.3) is 16.9 Å². The molecule has 8 nitrogen and oxygen atoms in total. The van der Waals surface area contributed by atoms with Crippen molar-refractivity contribution in [3.8, 4) is 16.9 Å². The first-order valence-electron chi connectivity index (χ1n) is 9.45. The topological polar surface area (TPSA) is 117 Å². The Morgan fingerprint density at radius 3 is 2.42 bits per heavy atom. The van der Waals surface area contributed by atoms with Crippen LogP contribution in [0.4, 0.5) is 0 Å². The average Bonchev–Trinajstić information content (AvgIpc) is 3.28. The van der Waals surface area contributed by atoms with E-state index >= 15 is 0 Å². The number of nitrogens with one attached hydrogen (secondary N) is 2. The number of aromatic carboxylic acids is 1. The number of carboxylic acids is 1. The standard InChI is InChI=1S/C23H18N4O4/c28-20-10-21(24-13-19(20)23(30)31)27-14-18(12-26-27)22(29)25-11-15-6-8-17(9-7-15)16-4-2-1-3-5-16/h1-10,12-14H,11H2,(H,24,28)(H,25,29)(H,30,31). The van der Waals surface area contributed by atoms with E-state index in [4.69, 9.17) is 5.11 Å². The summed E-state index contributed by atoms with van der Waals surface area (Å²) in [5.41, 5.74) is 2.46. The summed E-state index contributed by atoms with van der Waals surface area (Å²) < 4.78 is 1.30. The molecule has 2 heterocycles. The Morgan fingerprint density at radius 2 is 1.74 bits per heavy atom. The van der Waals surface area contributed by atoms with Gasteiger partial charge in [-0.2, -0.15) is 5.10 Å². The molecule has 0 unspecified atom stereocenters. The number of rotatable bonds is 6. The quantitative estimate of drug-likeness (QED) is 0.449. The van der Waals surface area contributed by atoms with Crippen molar-refractivity contribution >= 4 is 11.9 Å². The van der Waals surface area contributed by atoms with Gasteiger partial charge in [-0.05, 0) is 16.7 Å². The van der Waals surface area contributed by atoms with Gasteiger partial charge in [0.25, 0.3) is 5.91 Å². The maximum atomic E-state index is 12.4. The van der Waals surface area contributed by atoms with E-state index in [0.29, 0.717) is 12.1 Å². The molecule has 4 aromatic rings. The Hall–Kier alpha value is -4.46. The Balaban J connectivity index is 1.41. The minimum atomic E-state index is -1.31. The van der Waals surface area contributed by atoms with Gasteiger partial charge in [0.15, 0.2) is 5.43 Å². The summed E-state index contributed by atoms with van der Waals surface area (Å²) in [6, 6.07) is 19.1. The third-order valence-electron chi connectivity index (χ3n) is 4.73. The smallest absolute Gasteiger partial charge is 0.341 e. The zero-order chi connectivity index (χ0) is 21.8.